The van der Waals surface area contributed by atoms with Gasteiger partial charge in [-0.1, -0.05) is 6.07 Å². The predicted octanol–water partition coefficient (Wildman–Crippen LogP) is 2.91. The molecule has 2 aromatic carbocycles. The van der Waals surface area contributed by atoms with Crippen molar-refractivity contribution in [3.05, 3.63) is 53.3 Å². The van der Waals surface area contributed by atoms with Crippen molar-refractivity contribution in [1.82, 2.24) is 0 Å². The van der Waals surface area contributed by atoms with Gasteiger partial charge in [0, 0.05) is 5.56 Å². The highest BCUT2D eigenvalue weighted by Gasteiger charge is 2.17. The van der Waals surface area contributed by atoms with Crippen molar-refractivity contribution in [2.24, 2.45) is 0 Å². The first-order valence-electron chi connectivity index (χ1n) is 6.42. The van der Waals surface area contributed by atoms with Gasteiger partial charge in [0.05, 0.1) is 14.2 Å². The summed E-state index contributed by atoms with van der Waals surface area (Å²) < 4.78 is 28.3. The molecule has 0 radical (unpaired) electrons. The third kappa shape index (κ3) is 3.28. The van der Waals surface area contributed by atoms with Crippen LogP contribution in [0.1, 0.15) is 15.9 Å². The molecule has 0 unspecified atom stereocenters. The van der Waals surface area contributed by atoms with Crippen molar-refractivity contribution >= 4 is 5.97 Å². The molecule has 6 heteroatoms. The van der Waals surface area contributed by atoms with Gasteiger partial charge >= 0.3 is 5.97 Å². The molecule has 0 aromatic heterocycles. The number of phenolic OH excluding ortho intramolecular Hbond substituents is 1. The molecule has 1 N–H and O–H groups in total. The summed E-state index contributed by atoms with van der Waals surface area (Å²) in [4.78, 5) is 12.0. The fourth-order valence-corrected chi connectivity index (χ4v) is 1.93. The number of aromatic hydroxyl groups is 1. The van der Waals surface area contributed by atoms with Crippen LogP contribution in [0.4, 0.5) is 4.39 Å². The lowest BCUT2D eigenvalue weighted by Crippen LogP contribution is -2.07. The summed E-state index contributed by atoms with van der Waals surface area (Å²) in [6.07, 6.45) is 0. The maximum absolute atomic E-state index is 13.2. The first kappa shape index (κ1) is 15.6. The standard InChI is InChI=1S/C16H15FO5/c1-20-13-7-6-11(17)8-10(13)9-22-16(19)12-4-3-5-14(21-2)15(12)18/h3-8,18H,9H2,1-2H3. The number of methoxy groups -OCH3 is 2. The van der Waals surface area contributed by atoms with Gasteiger partial charge in [-0.25, -0.2) is 9.18 Å². The van der Waals surface area contributed by atoms with Crippen LogP contribution in [-0.2, 0) is 11.3 Å². The van der Waals surface area contributed by atoms with E-state index in [-0.39, 0.29) is 23.7 Å². The molecule has 22 heavy (non-hydrogen) atoms. The third-order valence-corrected chi connectivity index (χ3v) is 3.04. The summed E-state index contributed by atoms with van der Waals surface area (Å²) in [6, 6.07) is 8.39. The Labute approximate surface area is 126 Å². The Morgan fingerprint density at radius 1 is 1.14 bits per heavy atom. The summed E-state index contributed by atoms with van der Waals surface area (Å²) >= 11 is 0. The number of carbonyl (C=O) groups excluding carboxylic acids is 1. The lowest BCUT2D eigenvalue weighted by molar-refractivity contribution is 0.0465. The molecule has 2 aromatic rings. The molecule has 0 atom stereocenters. The average Bonchev–Trinajstić information content (AvgIpc) is 2.53. The Morgan fingerprint density at radius 2 is 1.86 bits per heavy atom. The van der Waals surface area contributed by atoms with Crippen LogP contribution >= 0.6 is 0 Å². The number of para-hydroxylation sites is 1. The van der Waals surface area contributed by atoms with Gasteiger partial charge in [0.1, 0.15) is 23.7 Å². The summed E-state index contributed by atoms with van der Waals surface area (Å²) in [5.41, 5.74) is 0.355. The van der Waals surface area contributed by atoms with E-state index in [1.807, 2.05) is 0 Å². The van der Waals surface area contributed by atoms with Crippen molar-refractivity contribution in [1.29, 1.82) is 0 Å². The zero-order valence-electron chi connectivity index (χ0n) is 12.1. The van der Waals surface area contributed by atoms with E-state index in [0.29, 0.717) is 11.3 Å². The quantitative estimate of drug-likeness (QED) is 0.860. The number of ether oxygens (including phenoxy) is 3. The van der Waals surface area contributed by atoms with Gasteiger partial charge in [-0.3, -0.25) is 0 Å². The number of hydrogen-bond donors (Lipinski definition) is 1. The van der Waals surface area contributed by atoms with Gasteiger partial charge in [-0.05, 0) is 30.3 Å². The van der Waals surface area contributed by atoms with Crippen molar-refractivity contribution < 1.29 is 28.5 Å². The molecular formula is C16H15FO5. The Hall–Kier alpha value is -2.76. The summed E-state index contributed by atoms with van der Waals surface area (Å²) in [5.74, 6) is -0.943. The van der Waals surface area contributed by atoms with Crippen molar-refractivity contribution in [2.75, 3.05) is 14.2 Å². The van der Waals surface area contributed by atoms with E-state index >= 15 is 0 Å². The first-order valence-corrected chi connectivity index (χ1v) is 6.42. The number of hydrogen-bond acceptors (Lipinski definition) is 5. The normalized spacial score (nSPS) is 10.1. The molecule has 0 fully saturated rings. The summed E-state index contributed by atoms with van der Waals surface area (Å²) in [6.45, 7) is -0.184. The fourth-order valence-electron chi connectivity index (χ4n) is 1.93. The molecule has 0 amide bonds. The van der Waals surface area contributed by atoms with Gasteiger partial charge in [0.25, 0.3) is 0 Å². The maximum Gasteiger partial charge on any atom is 0.342 e. The zero-order valence-corrected chi connectivity index (χ0v) is 12.1. The second kappa shape index (κ2) is 6.80. The fraction of sp³-hybridized carbons (Fsp3) is 0.188. The minimum atomic E-state index is -0.747. The third-order valence-electron chi connectivity index (χ3n) is 3.04. The predicted molar refractivity (Wildman–Crippen MR) is 76.7 cm³/mol. The molecule has 116 valence electrons. The highest BCUT2D eigenvalue weighted by atomic mass is 19.1. The molecule has 0 aliphatic rings. The molecule has 0 bridgehead atoms. The van der Waals surface area contributed by atoms with Crippen LogP contribution in [0, 0.1) is 5.82 Å². The Kier molecular flexibility index (Phi) is 4.83. The van der Waals surface area contributed by atoms with Gasteiger partial charge in [-0.15, -0.1) is 0 Å². The topological polar surface area (TPSA) is 65.0 Å². The van der Waals surface area contributed by atoms with Crippen LogP contribution in [0.15, 0.2) is 36.4 Å². The van der Waals surface area contributed by atoms with E-state index in [4.69, 9.17) is 14.2 Å². The molecule has 0 heterocycles. The number of benzene rings is 2. The molecule has 0 saturated heterocycles. The van der Waals surface area contributed by atoms with Gasteiger partial charge < -0.3 is 19.3 Å². The Morgan fingerprint density at radius 3 is 2.55 bits per heavy atom. The number of phenols is 1. The minimum Gasteiger partial charge on any atom is -0.504 e. The molecule has 0 spiro atoms. The largest absolute Gasteiger partial charge is 0.504 e. The number of halogens is 1. The molecule has 2 rings (SSSR count). The minimum absolute atomic E-state index is 0.0327. The van der Waals surface area contributed by atoms with E-state index in [1.165, 1.54) is 44.6 Å². The highest BCUT2D eigenvalue weighted by molar-refractivity contribution is 5.93. The van der Waals surface area contributed by atoms with Gasteiger partial charge in [0.15, 0.2) is 11.5 Å². The van der Waals surface area contributed by atoms with Crippen molar-refractivity contribution in [3.63, 3.8) is 0 Å². The number of rotatable bonds is 5. The lowest BCUT2D eigenvalue weighted by atomic mass is 10.2. The SMILES string of the molecule is COc1ccc(F)cc1COC(=O)c1cccc(OC)c1O. The van der Waals surface area contributed by atoms with E-state index < -0.39 is 11.8 Å². The molecule has 5 nitrogen and oxygen atoms in total. The first-order chi connectivity index (χ1) is 10.6. The highest BCUT2D eigenvalue weighted by Crippen LogP contribution is 2.30. The molecule has 0 saturated carbocycles. The second-order valence-corrected chi connectivity index (χ2v) is 4.39. The van der Waals surface area contributed by atoms with E-state index in [2.05, 4.69) is 0 Å². The van der Waals surface area contributed by atoms with E-state index in [0.717, 1.165) is 0 Å². The van der Waals surface area contributed by atoms with Crippen LogP contribution in [-0.4, -0.2) is 25.3 Å². The van der Waals surface area contributed by atoms with Crippen molar-refractivity contribution in [3.8, 4) is 17.2 Å². The lowest BCUT2D eigenvalue weighted by Gasteiger charge is -2.11. The summed E-state index contributed by atoms with van der Waals surface area (Å²) in [5, 5.41) is 9.89. The zero-order chi connectivity index (χ0) is 16.1. The average molecular weight is 306 g/mol. The Balaban J connectivity index is 2.15. The van der Waals surface area contributed by atoms with Crippen LogP contribution in [0.3, 0.4) is 0 Å². The smallest absolute Gasteiger partial charge is 0.342 e. The van der Waals surface area contributed by atoms with Crippen molar-refractivity contribution in [2.45, 2.75) is 6.61 Å². The van der Waals surface area contributed by atoms with E-state index in [1.54, 1.807) is 6.07 Å². The second-order valence-electron chi connectivity index (χ2n) is 4.39. The number of esters is 1. The molecule has 0 aliphatic carbocycles. The maximum atomic E-state index is 13.2. The van der Waals surface area contributed by atoms with Crippen LogP contribution in [0.2, 0.25) is 0 Å². The van der Waals surface area contributed by atoms with Gasteiger partial charge in [0.2, 0.25) is 0 Å². The molecule has 0 aliphatic heterocycles. The number of carbonyl (C=O) groups is 1. The van der Waals surface area contributed by atoms with Gasteiger partial charge in [-0.2, -0.15) is 0 Å². The van der Waals surface area contributed by atoms with Crippen LogP contribution in [0.5, 0.6) is 17.2 Å². The van der Waals surface area contributed by atoms with E-state index in [9.17, 15) is 14.3 Å². The van der Waals surface area contributed by atoms with Crippen LogP contribution < -0.4 is 9.47 Å². The monoisotopic (exact) mass is 306 g/mol. The molecular weight excluding hydrogens is 291 g/mol. The summed E-state index contributed by atoms with van der Waals surface area (Å²) in [7, 11) is 2.81. The Bertz CT molecular complexity index is 684. The van der Waals surface area contributed by atoms with Crippen LogP contribution in [0.25, 0.3) is 0 Å².